The molecule has 1 atom stereocenters. The number of hydrogen-bond donors (Lipinski definition) is 2. The molecule has 12 heteroatoms. The number of nitrogens with one attached hydrogen (secondary N) is 2. The van der Waals surface area contributed by atoms with E-state index in [0.717, 1.165) is 28.2 Å². The SMILES string of the molecule is O=C(COc1ccc(/C=N\NC(=O)CN(c2ccc(Br)cc2)S(=O)(=O)c2ccccc2)cc1)NC[C@@H]1CCCO1. The molecule has 0 aromatic heterocycles. The van der Waals surface area contributed by atoms with Gasteiger partial charge in [-0.2, -0.15) is 5.10 Å². The number of carbonyl (C=O) groups is 2. The number of amides is 2. The van der Waals surface area contributed by atoms with Crippen molar-refractivity contribution >= 4 is 49.7 Å². The summed E-state index contributed by atoms with van der Waals surface area (Å²) in [6.07, 6.45) is 3.45. The molecule has 3 aromatic carbocycles. The van der Waals surface area contributed by atoms with Gasteiger partial charge in [0.15, 0.2) is 6.61 Å². The molecule has 1 heterocycles. The fourth-order valence-corrected chi connectivity index (χ4v) is 5.58. The van der Waals surface area contributed by atoms with Gasteiger partial charge in [0.05, 0.1) is 22.9 Å². The predicted octanol–water partition coefficient (Wildman–Crippen LogP) is 3.47. The summed E-state index contributed by atoms with van der Waals surface area (Å²) >= 11 is 3.34. The largest absolute Gasteiger partial charge is 0.484 e. The minimum atomic E-state index is -4.01. The number of sulfonamides is 1. The van der Waals surface area contributed by atoms with Crippen molar-refractivity contribution in [2.75, 3.05) is 30.6 Å². The van der Waals surface area contributed by atoms with Crippen molar-refractivity contribution < 1.29 is 27.5 Å². The molecule has 0 radical (unpaired) electrons. The van der Waals surface area contributed by atoms with E-state index in [0.29, 0.717) is 23.5 Å². The Morgan fingerprint density at radius 3 is 2.42 bits per heavy atom. The number of hydrazone groups is 1. The molecule has 1 fully saturated rings. The monoisotopic (exact) mass is 628 g/mol. The van der Waals surface area contributed by atoms with Crippen LogP contribution in [0.15, 0.2) is 93.3 Å². The third-order valence-corrected chi connectivity index (χ3v) is 8.25. The number of ether oxygens (including phenoxy) is 2. The van der Waals surface area contributed by atoms with Crippen LogP contribution in [0.1, 0.15) is 18.4 Å². The molecule has 0 unspecified atom stereocenters. The van der Waals surface area contributed by atoms with Gasteiger partial charge in [0.1, 0.15) is 12.3 Å². The van der Waals surface area contributed by atoms with Crippen LogP contribution >= 0.6 is 15.9 Å². The highest BCUT2D eigenvalue weighted by molar-refractivity contribution is 9.10. The molecule has 4 rings (SSSR count). The van der Waals surface area contributed by atoms with Crippen molar-refractivity contribution in [3.8, 4) is 5.75 Å². The zero-order valence-electron chi connectivity index (χ0n) is 21.5. The van der Waals surface area contributed by atoms with Crippen LogP contribution in [0.3, 0.4) is 0 Å². The minimum Gasteiger partial charge on any atom is -0.484 e. The molecule has 2 N–H and O–H groups in total. The predicted molar refractivity (Wildman–Crippen MR) is 155 cm³/mol. The van der Waals surface area contributed by atoms with Gasteiger partial charge in [0.25, 0.3) is 21.8 Å². The number of halogens is 1. The number of carbonyl (C=O) groups excluding carboxylic acids is 2. The van der Waals surface area contributed by atoms with Gasteiger partial charge in [-0.05, 0) is 79.1 Å². The van der Waals surface area contributed by atoms with E-state index >= 15 is 0 Å². The molecule has 0 spiro atoms. The van der Waals surface area contributed by atoms with Crippen LogP contribution in [0, 0.1) is 0 Å². The van der Waals surface area contributed by atoms with Crippen LogP contribution in [-0.4, -0.2) is 58.9 Å². The molecule has 210 valence electrons. The third-order valence-electron chi connectivity index (χ3n) is 5.94. The van der Waals surface area contributed by atoms with Gasteiger partial charge in [-0.3, -0.25) is 13.9 Å². The maximum atomic E-state index is 13.3. The van der Waals surface area contributed by atoms with E-state index in [2.05, 4.69) is 31.8 Å². The van der Waals surface area contributed by atoms with Gasteiger partial charge in [-0.15, -0.1) is 0 Å². The first-order valence-corrected chi connectivity index (χ1v) is 14.8. The molecule has 0 saturated carbocycles. The Balaban J connectivity index is 1.31. The lowest BCUT2D eigenvalue weighted by Crippen LogP contribution is -2.39. The van der Waals surface area contributed by atoms with Gasteiger partial charge in [-0.25, -0.2) is 13.8 Å². The summed E-state index contributed by atoms with van der Waals surface area (Å²) in [6.45, 7) is 0.619. The second kappa shape index (κ2) is 14.1. The Morgan fingerprint density at radius 1 is 1.02 bits per heavy atom. The maximum absolute atomic E-state index is 13.3. The van der Waals surface area contributed by atoms with Gasteiger partial charge < -0.3 is 14.8 Å². The van der Waals surface area contributed by atoms with Crippen molar-refractivity contribution in [3.63, 3.8) is 0 Å². The summed E-state index contributed by atoms with van der Waals surface area (Å²) in [6, 6.07) is 21.3. The van der Waals surface area contributed by atoms with Gasteiger partial charge in [0.2, 0.25) is 0 Å². The van der Waals surface area contributed by atoms with Gasteiger partial charge in [-0.1, -0.05) is 34.1 Å². The second-order valence-electron chi connectivity index (χ2n) is 8.89. The maximum Gasteiger partial charge on any atom is 0.264 e. The number of rotatable bonds is 12. The standard InChI is InChI=1S/C28H29BrN4O6S/c29-22-10-12-23(13-11-22)33(40(36,37)26-6-2-1-3-7-26)19-27(34)32-31-17-21-8-14-24(15-9-21)39-20-28(35)30-18-25-5-4-16-38-25/h1-3,6-15,17,25H,4-5,16,18-20H2,(H,30,35)(H,32,34)/b31-17-/t25-/m0/s1. The van der Waals surface area contributed by atoms with E-state index in [-0.39, 0.29) is 23.5 Å². The van der Waals surface area contributed by atoms with Crippen LogP contribution in [0.25, 0.3) is 0 Å². The number of anilines is 1. The minimum absolute atomic E-state index is 0.0665. The highest BCUT2D eigenvalue weighted by Crippen LogP contribution is 2.25. The van der Waals surface area contributed by atoms with E-state index in [1.165, 1.54) is 18.3 Å². The van der Waals surface area contributed by atoms with Gasteiger partial charge >= 0.3 is 0 Å². The van der Waals surface area contributed by atoms with Crippen LogP contribution in [0.2, 0.25) is 0 Å². The number of hydrogen-bond acceptors (Lipinski definition) is 7. The summed E-state index contributed by atoms with van der Waals surface area (Å²) < 4.78 is 39.4. The number of benzene rings is 3. The van der Waals surface area contributed by atoms with Gasteiger partial charge in [0, 0.05) is 17.6 Å². The first-order valence-electron chi connectivity index (χ1n) is 12.6. The van der Waals surface area contributed by atoms with E-state index in [9.17, 15) is 18.0 Å². The molecular weight excluding hydrogens is 600 g/mol. The lowest BCUT2D eigenvalue weighted by Gasteiger charge is -2.23. The normalized spacial score (nSPS) is 15.1. The summed E-state index contributed by atoms with van der Waals surface area (Å²) in [5, 5.41) is 6.75. The van der Waals surface area contributed by atoms with Crippen molar-refractivity contribution in [2.45, 2.75) is 23.8 Å². The van der Waals surface area contributed by atoms with Crippen LogP contribution in [0.5, 0.6) is 5.75 Å². The van der Waals surface area contributed by atoms with Crippen LogP contribution < -0.4 is 19.8 Å². The highest BCUT2D eigenvalue weighted by atomic mass is 79.9. The quantitative estimate of drug-likeness (QED) is 0.234. The second-order valence-corrected chi connectivity index (χ2v) is 11.7. The molecule has 1 aliphatic rings. The first kappa shape index (κ1) is 29.2. The summed E-state index contributed by atoms with van der Waals surface area (Å²) in [5.74, 6) is -0.340. The molecule has 0 bridgehead atoms. The lowest BCUT2D eigenvalue weighted by atomic mass is 10.2. The Labute approximate surface area is 241 Å². The van der Waals surface area contributed by atoms with Crippen LogP contribution in [0.4, 0.5) is 5.69 Å². The molecular formula is C28H29BrN4O6S. The molecule has 2 amide bonds. The van der Waals surface area contributed by atoms with Crippen LogP contribution in [-0.2, 0) is 24.3 Å². The van der Waals surface area contributed by atoms with Crippen molar-refractivity contribution in [3.05, 3.63) is 88.9 Å². The Kier molecular flexibility index (Phi) is 10.3. The Bertz CT molecular complexity index is 1410. The lowest BCUT2D eigenvalue weighted by molar-refractivity contribution is -0.123. The first-order chi connectivity index (χ1) is 19.3. The van der Waals surface area contributed by atoms with E-state index in [1.54, 1.807) is 66.7 Å². The molecule has 10 nitrogen and oxygen atoms in total. The van der Waals surface area contributed by atoms with Crippen molar-refractivity contribution in [2.24, 2.45) is 5.10 Å². The van der Waals surface area contributed by atoms with Crippen molar-refractivity contribution in [1.29, 1.82) is 0 Å². The Morgan fingerprint density at radius 2 is 1.75 bits per heavy atom. The third kappa shape index (κ3) is 8.38. The Hall–Kier alpha value is -3.74. The van der Waals surface area contributed by atoms with E-state index in [4.69, 9.17) is 9.47 Å². The van der Waals surface area contributed by atoms with E-state index < -0.39 is 22.5 Å². The molecule has 1 saturated heterocycles. The molecule has 1 aliphatic heterocycles. The molecule has 0 aliphatic carbocycles. The highest BCUT2D eigenvalue weighted by Gasteiger charge is 2.27. The van der Waals surface area contributed by atoms with E-state index in [1.807, 2.05) is 0 Å². The fourth-order valence-electron chi connectivity index (χ4n) is 3.87. The zero-order valence-corrected chi connectivity index (χ0v) is 23.9. The molecule has 40 heavy (non-hydrogen) atoms. The number of nitrogens with zero attached hydrogens (tertiary/aromatic N) is 2. The summed E-state index contributed by atoms with van der Waals surface area (Å²) in [4.78, 5) is 24.7. The smallest absolute Gasteiger partial charge is 0.264 e. The zero-order chi connectivity index (χ0) is 28.4. The molecule has 3 aromatic rings. The topological polar surface area (TPSA) is 126 Å². The average molecular weight is 630 g/mol. The van der Waals surface area contributed by atoms with Crippen molar-refractivity contribution in [1.82, 2.24) is 10.7 Å². The summed E-state index contributed by atoms with van der Waals surface area (Å²) in [5.41, 5.74) is 3.38. The summed E-state index contributed by atoms with van der Waals surface area (Å²) in [7, 11) is -4.01. The fraction of sp³-hybridized carbons (Fsp3) is 0.250. The average Bonchev–Trinajstić information content (AvgIpc) is 3.49.